The summed E-state index contributed by atoms with van der Waals surface area (Å²) in [6, 6.07) is 25.3. The molecule has 4 N–H and O–H groups in total. The first-order valence-corrected chi connectivity index (χ1v) is 18.7. The number of hydrogen-bond donors (Lipinski definition) is 3. The molecule has 4 aromatic carbocycles. The van der Waals surface area contributed by atoms with Gasteiger partial charge in [-0.15, -0.1) is 0 Å². The highest BCUT2D eigenvalue weighted by Crippen LogP contribution is 2.51. The van der Waals surface area contributed by atoms with Crippen molar-refractivity contribution in [1.82, 2.24) is 0 Å². The van der Waals surface area contributed by atoms with E-state index in [0.29, 0.717) is 13.1 Å². The molecule has 0 unspecified atom stereocenters. The first-order chi connectivity index (χ1) is 26.6. The molecule has 4 aromatic rings. The quantitative estimate of drug-likeness (QED) is 0.0704. The van der Waals surface area contributed by atoms with Gasteiger partial charge in [0, 0.05) is 54.4 Å². The lowest BCUT2D eigenvalue weighted by Gasteiger charge is -2.26. The van der Waals surface area contributed by atoms with Gasteiger partial charge >= 0.3 is 17.9 Å². The molecule has 10 heteroatoms. The number of carboxylic acid groups (broad SMARTS) is 2. The molecular formula is C46H50N3O7+. The van der Waals surface area contributed by atoms with Gasteiger partial charge in [-0.05, 0) is 59.2 Å². The molecule has 0 saturated carbocycles. The minimum Gasteiger partial charge on any atom is -0.481 e. The Hall–Kier alpha value is -6.29. The molecule has 0 aliphatic carbocycles. The molecule has 1 amide bonds. The third kappa shape index (κ3) is 8.97. The van der Waals surface area contributed by atoms with Gasteiger partial charge in [0.05, 0.1) is 11.8 Å². The molecule has 2 aliphatic heterocycles. The van der Waals surface area contributed by atoms with Crippen LogP contribution in [0.2, 0.25) is 0 Å². The van der Waals surface area contributed by atoms with Crippen molar-refractivity contribution in [3.8, 4) is 0 Å². The predicted octanol–water partition coefficient (Wildman–Crippen LogP) is 8.09. The van der Waals surface area contributed by atoms with Gasteiger partial charge in [0.25, 0.3) is 0 Å². The number of anilines is 1. The maximum atomic E-state index is 11.8. The Morgan fingerprint density at radius 3 is 1.95 bits per heavy atom. The van der Waals surface area contributed by atoms with E-state index < -0.39 is 17.9 Å². The number of rotatable bonds is 13. The summed E-state index contributed by atoms with van der Waals surface area (Å²) in [5.74, 6) is -2.54. The molecule has 290 valence electrons. The number of carboxylic acids is 2. The lowest BCUT2D eigenvalue weighted by molar-refractivity contribution is -0.436. The number of nitrogens with two attached hydrogens (primary N) is 1. The van der Waals surface area contributed by atoms with Crippen LogP contribution in [0, 0.1) is 0 Å². The fourth-order valence-corrected chi connectivity index (χ4v) is 7.75. The molecule has 0 aromatic heterocycles. The topological polar surface area (TPSA) is 150 Å². The number of allylic oxidation sites excluding steroid dienone is 8. The van der Waals surface area contributed by atoms with E-state index in [1.807, 2.05) is 36.4 Å². The van der Waals surface area contributed by atoms with Gasteiger partial charge in [-0.2, -0.15) is 4.58 Å². The molecule has 0 radical (unpaired) electrons. The van der Waals surface area contributed by atoms with Crippen LogP contribution in [0.15, 0.2) is 121 Å². The van der Waals surface area contributed by atoms with Gasteiger partial charge in [-0.3, -0.25) is 19.2 Å². The molecule has 56 heavy (non-hydrogen) atoms. The summed E-state index contributed by atoms with van der Waals surface area (Å²) in [6.07, 6.45) is 14.5. The Morgan fingerprint density at radius 2 is 1.32 bits per heavy atom. The number of aliphatic carboxylic acids is 2. The van der Waals surface area contributed by atoms with Crippen molar-refractivity contribution < 1.29 is 38.7 Å². The molecule has 0 saturated heterocycles. The number of nitrogens with zero attached hydrogens (tertiary/aromatic N) is 2. The Bertz CT molecular complexity index is 2310. The van der Waals surface area contributed by atoms with Crippen molar-refractivity contribution in [1.29, 1.82) is 0 Å². The van der Waals surface area contributed by atoms with Crippen LogP contribution in [-0.4, -0.2) is 64.0 Å². The lowest BCUT2D eigenvalue weighted by Crippen LogP contribution is -2.29. The third-order valence-corrected chi connectivity index (χ3v) is 10.2. The molecular weight excluding hydrogens is 707 g/mol. The second-order valence-corrected chi connectivity index (χ2v) is 14.8. The number of benzene rings is 4. The van der Waals surface area contributed by atoms with Crippen LogP contribution >= 0.6 is 0 Å². The van der Waals surface area contributed by atoms with Gasteiger partial charge in [0.1, 0.15) is 13.0 Å². The molecule has 0 spiro atoms. The van der Waals surface area contributed by atoms with E-state index >= 15 is 0 Å². The SMILES string of the molecule is CC(=O)OCCC(=O)O.CC1(C)C(/C=C/C=C/C=C/C=C2/N(CCC(N)=O)c3ccc4ccccc4c3C2(C)C)=[N+](CCC(=O)O)c2ccc3ccccc3c21. The number of fused-ring (bicyclic) bond motifs is 6. The zero-order chi connectivity index (χ0) is 40.6. The van der Waals surface area contributed by atoms with Crippen molar-refractivity contribution in [2.45, 2.75) is 64.7 Å². The van der Waals surface area contributed by atoms with E-state index in [0.717, 1.165) is 22.8 Å². The fourth-order valence-electron chi connectivity index (χ4n) is 7.75. The zero-order valence-electron chi connectivity index (χ0n) is 32.6. The highest BCUT2D eigenvalue weighted by atomic mass is 16.5. The van der Waals surface area contributed by atoms with Crippen LogP contribution in [0.4, 0.5) is 11.4 Å². The predicted molar refractivity (Wildman–Crippen MR) is 222 cm³/mol. The number of hydrogen-bond acceptors (Lipinski definition) is 6. The summed E-state index contributed by atoms with van der Waals surface area (Å²) >= 11 is 0. The average Bonchev–Trinajstić information content (AvgIpc) is 3.50. The summed E-state index contributed by atoms with van der Waals surface area (Å²) in [6.45, 7) is 11.0. The van der Waals surface area contributed by atoms with Gasteiger partial charge in [-0.1, -0.05) is 98.8 Å². The van der Waals surface area contributed by atoms with Crippen LogP contribution in [0.1, 0.15) is 65.0 Å². The van der Waals surface area contributed by atoms with Gasteiger partial charge in [0.15, 0.2) is 12.3 Å². The summed E-state index contributed by atoms with van der Waals surface area (Å²) in [5.41, 5.74) is 11.9. The number of amides is 1. The van der Waals surface area contributed by atoms with E-state index in [4.69, 9.17) is 10.8 Å². The van der Waals surface area contributed by atoms with Crippen molar-refractivity contribution in [3.63, 3.8) is 0 Å². The smallest absolute Gasteiger partial charge is 0.309 e. The van der Waals surface area contributed by atoms with Crippen LogP contribution in [0.5, 0.6) is 0 Å². The fraction of sp³-hybridized carbons (Fsp3) is 0.283. The standard InChI is InChI=1S/C41H41N3O3.C5H8O4/c1-40(2)34(43(26-24-36(42)45)32-22-20-28-14-10-12-16-30(28)38(32)40)18-8-6-5-7-9-19-35-41(3,4)39-31-17-13-11-15-29(31)21-23-33(39)44(35)27-25-37(46)47;1-4(6)9-3-2-5(7)8/h5-23H,24-27H2,1-4H3,(H2-,42,45,46,47);2-3H2,1H3,(H,7,8)/p+1. The number of ether oxygens (including phenoxy) is 1. The Labute approximate surface area is 327 Å². The van der Waals surface area contributed by atoms with E-state index in [-0.39, 0.29) is 42.6 Å². The Kier molecular flexibility index (Phi) is 12.7. The highest BCUT2D eigenvalue weighted by Gasteiger charge is 2.45. The molecule has 2 heterocycles. The molecule has 2 aliphatic rings. The van der Waals surface area contributed by atoms with E-state index in [2.05, 4.69) is 121 Å². The van der Waals surface area contributed by atoms with Crippen molar-refractivity contribution in [2.24, 2.45) is 5.73 Å². The molecule has 0 fully saturated rings. The minimum absolute atomic E-state index is 0.0370. The van der Waals surface area contributed by atoms with Crippen LogP contribution in [0.25, 0.3) is 21.5 Å². The number of primary amides is 1. The average molecular weight is 757 g/mol. The summed E-state index contributed by atoms with van der Waals surface area (Å²) < 4.78 is 6.49. The van der Waals surface area contributed by atoms with Crippen LogP contribution in [0.3, 0.4) is 0 Å². The first kappa shape index (κ1) is 40.9. The second kappa shape index (κ2) is 17.5. The third-order valence-electron chi connectivity index (χ3n) is 10.2. The maximum absolute atomic E-state index is 11.8. The normalized spacial score (nSPS) is 16.2. The highest BCUT2D eigenvalue weighted by molar-refractivity contribution is 6.07. The minimum atomic E-state index is -0.962. The van der Waals surface area contributed by atoms with Crippen molar-refractivity contribution >= 4 is 62.4 Å². The second-order valence-electron chi connectivity index (χ2n) is 14.8. The molecule has 0 bridgehead atoms. The monoisotopic (exact) mass is 756 g/mol. The van der Waals surface area contributed by atoms with Gasteiger partial charge in [0.2, 0.25) is 11.6 Å². The van der Waals surface area contributed by atoms with Gasteiger partial charge in [-0.25, -0.2) is 0 Å². The van der Waals surface area contributed by atoms with E-state index in [1.54, 1.807) is 0 Å². The zero-order valence-corrected chi connectivity index (χ0v) is 32.6. The lowest BCUT2D eigenvalue weighted by atomic mass is 9.79. The number of esters is 1. The van der Waals surface area contributed by atoms with Crippen LogP contribution in [-0.2, 0) is 34.7 Å². The number of carbonyl (C=O) groups excluding carboxylic acids is 2. The Morgan fingerprint density at radius 1 is 0.732 bits per heavy atom. The van der Waals surface area contributed by atoms with Crippen molar-refractivity contribution in [2.75, 3.05) is 24.6 Å². The molecule has 0 atom stereocenters. The van der Waals surface area contributed by atoms with Gasteiger partial charge < -0.3 is 25.6 Å². The summed E-state index contributed by atoms with van der Waals surface area (Å²) in [4.78, 5) is 45.3. The Balaban J connectivity index is 0.000000595. The van der Waals surface area contributed by atoms with E-state index in [9.17, 15) is 24.3 Å². The largest absolute Gasteiger partial charge is 0.481 e. The summed E-state index contributed by atoms with van der Waals surface area (Å²) in [5, 5.41) is 22.3. The first-order valence-electron chi connectivity index (χ1n) is 18.7. The molecule has 6 rings (SSSR count). The molecule has 10 nitrogen and oxygen atoms in total. The summed E-state index contributed by atoms with van der Waals surface area (Å²) in [7, 11) is 0. The van der Waals surface area contributed by atoms with Crippen LogP contribution < -0.4 is 10.6 Å². The van der Waals surface area contributed by atoms with Crippen molar-refractivity contribution in [3.05, 3.63) is 132 Å². The van der Waals surface area contributed by atoms with E-state index in [1.165, 1.54) is 39.6 Å². The maximum Gasteiger partial charge on any atom is 0.309 e. The number of carbonyl (C=O) groups is 4.